The first-order valence-corrected chi connectivity index (χ1v) is 12.3. The number of rotatable bonds is 7. The van der Waals surface area contributed by atoms with E-state index in [9.17, 15) is 35.2 Å². The molecule has 4 rings (SSSR count). The molecular weight excluding hydrogens is 539 g/mol. The Morgan fingerprint density at radius 1 is 1.11 bits per heavy atom. The van der Waals surface area contributed by atoms with Crippen molar-refractivity contribution in [3.05, 3.63) is 72.1 Å². The van der Waals surface area contributed by atoms with Crippen LogP contribution in [-0.2, 0) is 16.0 Å². The van der Waals surface area contributed by atoms with Crippen LogP contribution in [0.4, 0.5) is 32.4 Å². The fourth-order valence-corrected chi connectivity index (χ4v) is 4.49. The maximum Gasteiger partial charge on any atom is 0.417 e. The highest BCUT2D eigenvalue weighted by atomic mass is 32.2. The van der Waals surface area contributed by atoms with Crippen LogP contribution in [0, 0.1) is 0 Å². The number of aromatic nitrogens is 3. The number of fused-ring (bicyclic) bond motifs is 1. The van der Waals surface area contributed by atoms with Crippen molar-refractivity contribution in [2.75, 3.05) is 17.7 Å². The summed E-state index contributed by atoms with van der Waals surface area (Å²) in [5.41, 5.74) is -1.89. The molecule has 0 aliphatic heterocycles. The largest absolute Gasteiger partial charge is 0.417 e. The third kappa shape index (κ3) is 5.73. The van der Waals surface area contributed by atoms with Gasteiger partial charge in [-0.05, 0) is 36.4 Å². The molecule has 2 aromatic heterocycles. The molecule has 2 aromatic carbocycles. The van der Waals surface area contributed by atoms with E-state index in [2.05, 4.69) is 15.4 Å². The van der Waals surface area contributed by atoms with E-state index in [1.165, 1.54) is 18.2 Å². The zero-order chi connectivity index (χ0) is 27.7. The Kier molecular flexibility index (Phi) is 7.33. The van der Waals surface area contributed by atoms with Gasteiger partial charge in [0.25, 0.3) is 6.43 Å². The van der Waals surface area contributed by atoms with Gasteiger partial charge in [0.2, 0.25) is 0 Å². The molecule has 0 saturated heterocycles. The Balaban J connectivity index is 1.64. The predicted octanol–water partition coefficient (Wildman–Crippen LogP) is 4.73. The molecule has 2 N–H and O–H groups in total. The van der Waals surface area contributed by atoms with Gasteiger partial charge in [-0.25, -0.2) is 31.5 Å². The van der Waals surface area contributed by atoms with Gasteiger partial charge in [0.1, 0.15) is 5.69 Å². The minimum Gasteiger partial charge on any atom is -0.404 e. The molecule has 200 valence electrons. The number of sulfone groups is 1. The molecular formula is C23H17F5N4O5S. The fraction of sp³-hybridized carbons (Fsp3) is 0.174. The standard InChI is InChI=1S/C23H17F5N4O5S/c24-20(25)18-11-17(13-4-6-14(7-5-13)23(26,27)28)31-21-19(12-29-32(18)21)37-22(34)30-15-2-1-3-16(10-15)38(35,36)9-8-33/h1-7,10-12,20,33H,8-9H2,(H,30,34). The number of benzene rings is 2. The predicted molar refractivity (Wildman–Crippen MR) is 124 cm³/mol. The minimum atomic E-state index is -4.59. The summed E-state index contributed by atoms with van der Waals surface area (Å²) in [6.07, 6.45) is -7.82. The summed E-state index contributed by atoms with van der Waals surface area (Å²) in [6, 6.07) is 9.77. The number of alkyl halides is 5. The van der Waals surface area contributed by atoms with Gasteiger partial charge in [-0.1, -0.05) is 18.2 Å². The van der Waals surface area contributed by atoms with Gasteiger partial charge < -0.3 is 9.84 Å². The first-order chi connectivity index (χ1) is 17.9. The zero-order valence-electron chi connectivity index (χ0n) is 19.0. The van der Waals surface area contributed by atoms with Gasteiger partial charge in [-0.3, -0.25) is 5.32 Å². The van der Waals surface area contributed by atoms with Crippen molar-refractivity contribution in [3.8, 4) is 17.0 Å². The third-order valence-corrected chi connectivity index (χ3v) is 6.89. The summed E-state index contributed by atoms with van der Waals surface area (Å²) in [5.74, 6) is -0.870. The molecule has 4 aromatic rings. The maximum absolute atomic E-state index is 13.7. The van der Waals surface area contributed by atoms with E-state index in [-0.39, 0.29) is 33.2 Å². The number of amides is 1. The van der Waals surface area contributed by atoms with E-state index in [4.69, 9.17) is 9.84 Å². The van der Waals surface area contributed by atoms with Crippen LogP contribution in [0.5, 0.6) is 5.75 Å². The first kappa shape index (κ1) is 26.9. The lowest BCUT2D eigenvalue weighted by atomic mass is 10.1. The first-order valence-electron chi connectivity index (χ1n) is 10.7. The van der Waals surface area contributed by atoms with E-state index in [0.717, 1.165) is 47.1 Å². The smallest absolute Gasteiger partial charge is 0.404 e. The van der Waals surface area contributed by atoms with Crippen molar-refractivity contribution in [3.63, 3.8) is 0 Å². The number of hydrogen-bond donors (Lipinski definition) is 2. The molecule has 0 radical (unpaired) electrons. The molecule has 0 spiro atoms. The Morgan fingerprint density at radius 3 is 2.45 bits per heavy atom. The van der Waals surface area contributed by atoms with Crippen molar-refractivity contribution < 1.29 is 45.0 Å². The number of aliphatic hydroxyl groups is 1. The number of nitrogens with zero attached hydrogens (tertiary/aromatic N) is 3. The van der Waals surface area contributed by atoms with Crippen molar-refractivity contribution in [1.29, 1.82) is 0 Å². The second-order valence-corrected chi connectivity index (χ2v) is 9.88. The molecule has 15 heteroatoms. The maximum atomic E-state index is 13.7. The summed E-state index contributed by atoms with van der Waals surface area (Å²) < 4.78 is 96.3. The van der Waals surface area contributed by atoms with E-state index in [1.54, 1.807) is 0 Å². The number of anilines is 1. The van der Waals surface area contributed by atoms with Gasteiger partial charge in [0.15, 0.2) is 21.2 Å². The number of halogens is 5. The SMILES string of the molecule is O=C(Nc1cccc(S(=O)(=O)CCO)c1)Oc1cnn2c(C(F)F)cc(-c3ccc(C(F)(F)F)cc3)nc12. The highest BCUT2D eigenvalue weighted by Crippen LogP contribution is 2.33. The van der Waals surface area contributed by atoms with Crippen LogP contribution in [0.15, 0.2) is 65.7 Å². The number of nitrogens with one attached hydrogen (secondary N) is 1. The van der Waals surface area contributed by atoms with Gasteiger partial charge in [0, 0.05) is 11.3 Å². The molecule has 1 amide bonds. The van der Waals surface area contributed by atoms with Gasteiger partial charge in [-0.2, -0.15) is 18.3 Å². The number of carbonyl (C=O) groups excluding carboxylic acids is 1. The van der Waals surface area contributed by atoms with Gasteiger partial charge in [-0.15, -0.1) is 0 Å². The van der Waals surface area contributed by atoms with Crippen LogP contribution in [0.2, 0.25) is 0 Å². The van der Waals surface area contributed by atoms with E-state index >= 15 is 0 Å². The monoisotopic (exact) mass is 556 g/mol. The molecule has 38 heavy (non-hydrogen) atoms. The summed E-state index contributed by atoms with van der Waals surface area (Å²) in [4.78, 5) is 16.5. The molecule has 0 aliphatic rings. The Labute approximate surface area is 211 Å². The normalized spacial score (nSPS) is 12.2. The highest BCUT2D eigenvalue weighted by molar-refractivity contribution is 7.91. The van der Waals surface area contributed by atoms with Gasteiger partial charge >= 0.3 is 12.3 Å². The lowest BCUT2D eigenvalue weighted by Crippen LogP contribution is -2.17. The molecule has 9 nitrogen and oxygen atoms in total. The Bertz CT molecular complexity index is 1590. The van der Waals surface area contributed by atoms with Crippen LogP contribution in [0.3, 0.4) is 0 Å². The third-order valence-electron chi connectivity index (χ3n) is 5.20. The number of ether oxygens (including phenoxy) is 1. The number of hydrogen-bond acceptors (Lipinski definition) is 7. The molecule has 0 atom stereocenters. The van der Waals surface area contributed by atoms with E-state index in [1.807, 2.05) is 0 Å². The van der Waals surface area contributed by atoms with Crippen LogP contribution in [0.25, 0.3) is 16.9 Å². The summed E-state index contributed by atoms with van der Waals surface area (Å²) >= 11 is 0. The van der Waals surface area contributed by atoms with Crippen LogP contribution in [-0.4, -0.2) is 46.6 Å². The van der Waals surface area contributed by atoms with Gasteiger partial charge in [0.05, 0.1) is 34.7 Å². The quantitative estimate of drug-likeness (QED) is 0.316. The van der Waals surface area contributed by atoms with Crippen LogP contribution < -0.4 is 10.1 Å². The van der Waals surface area contributed by atoms with Crippen molar-refractivity contribution in [1.82, 2.24) is 14.6 Å². The van der Waals surface area contributed by atoms with Crippen molar-refractivity contribution >= 4 is 27.3 Å². The molecule has 0 saturated carbocycles. The highest BCUT2D eigenvalue weighted by Gasteiger charge is 2.30. The lowest BCUT2D eigenvalue weighted by Gasteiger charge is -2.11. The number of carbonyl (C=O) groups is 1. The van der Waals surface area contributed by atoms with Crippen LogP contribution in [0.1, 0.15) is 17.7 Å². The van der Waals surface area contributed by atoms with E-state index < -0.39 is 52.1 Å². The second kappa shape index (κ2) is 10.3. The van der Waals surface area contributed by atoms with Crippen molar-refractivity contribution in [2.24, 2.45) is 0 Å². The minimum absolute atomic E-state index is 0.0251. The fourth-order valence-electron chi connectivity index (χ4n) is 3.42. The van der Waals surface area contributed by atoms with Crippen molar-refractivity contribution in [2.45, 2.75) is 17.5 Å². The Hall–Kier alpha value is -4.11. The van der Waals surface area contributed by atoms with E-state index in [0.29, 0.717) is 0 Å². The molecule has 0 unspecified atom stereocenters. The number of aliphatic hydroxyl groups excluding tert-OH is 1. The topological polar surface area (TPSA) is 123 Å². The summed E-state index contributed by atoms with van der Waals surface area (Å²) in [5, 5.41) is 15.0. The Morgan fingerprint density at radius 2 is 1.82 bits per heavy atom. The average Bonchev–Trinajstić information content (AvgIpc) is 3.25. The lowest BCUT2D eigenvalue weighted by molar-refractivity contribution is -0.137. The van der Waals surface area contributed by atoms with Crippen LogP contribution >= 0.6 is 0 Å². The molecule has 0 bridgehead atoms. The molecule has 2 heterocycles. The zero-order valence-corrected chi connectivity index (χ0v) is 19.8. The molecule has 0 fully saturated rings. The average molecular weight is 556 g/mol. The second-order valence-electron chi connectivity index (χ2n) is 7.77. The summed E-state index contributed by atoms with van der Waals surface area (Å²) in [6.45, 7) is -0.598. The molecule has 0 aliphatic carbocycles. The summed E-state index contributed by atoms with van der Waals surface area (Å²) in [7, 11) is -3.80.